The Bertz CT molecular complexity index is 1100. The smallest absolute Gasteiger partial charge is 0.408 e. The normalized spacial score (nSPS) is 11.6. The topological polar surface area (TPSA) is 121 Å². The van der Waals surface area contributed by atoms with Crippen LogP contribution in [0.1, 0.15) is 43.5 Å². The molecule has 2 rings (SSSR count). The molecule has 2 aromatic carbocycles. The number of anilines is 1. The number of carbonyl (C=O) groups excluding carboxylic acids is 3. The van der Waals surface area contributed by atoms with Crippen molar-refractivity contribution in [2.45, 2.75) is 46.3 Å². The van der Waals surface area contributed by atoms with Gasteiger partial charge in [0.25, 0.3) is 5.91 Å². The largest absolute Gasteiger partial charge is 0.497 e. The van der Waals surface area contributed by atoms with Gasteiger partial charge in [-0.3, -0.25) is 9.59 Å². The second-order valence-corrected chi connectivity index (χ2v) is 9.02. The van der Waals surface area contributed by atoms with E-state index in [0.29, 0.717) is 17.0 Å². The lowest BCUT2D eigenvalue weighted by atomic mass is 9.96. The molecule has 0 aliphatic heterocycles. The minimum atomic E-state index is -1.11. The lowest BCUT2D eigenvalue weighted by Gasteiger charge is -2.31. The molecular formula is C26H32N4O5. The maximum Gasteiger partial charge on any atom is 0.408 e. The van der Waals surface area contributed by atoms with Crippen LogP contribution in [0.2, 0.25) is 0 Å². The van der Waals surface area contributed by atoms with Gasteiger partial charge in [0.05, 0.1) is 13.2 Å². The van der Waals surface area contributed by atoms with E-state index in [2.05, 4.69) is 10.6 Å². The van der Waals surface area contributed by atoms with Crippen LogP contribution >= 0.6 is 0 Å². The lowest BCUT2D eigenvalue weighted by molar-refractivity contribution is -0.137. The number of nitrogens with zero attached hydrogens (tertiary/aromatic N) is 2. The quantitative estimate of drug-likeness (QED) is 0.554. The average molecular weight is 481 g/mol. The van der Waals surface area contributed by atoms with Gasteiger partial charge in [-0.15, -0.1) is 0 Å². The maximum absolute atomic E-state index is 13.5. The number of alkyl carbamates (subject to hydrolysis) is 1. The molecule has 1 atom stereocenters. The first-order valence-electron chi connectivity index (χ1n) is 11.1. The van der Waals surface area contributed by atoms with Crippen LogP contribution in [0.5, 0.6) is 5.75 Å². The van der Waals surface area contributed by atoms with Gasteiger partial charge in [0.2, 0.25) is 5.91 Å². The maximum atomic E-state index is 13.5. The van der Waals surface area contributed by atoms with Gasteiger partial charge in [-0.05, 0) is 70.0 Å². The third-order valence-corrected chi connectivity index (χ3v) is 4.99. The molecule has 0 saturated carbocycles. The molecule has 0 heterocycles. The zero-order valence-electron chi connectivity index (χ0n) is 21.0. The standard InChI is InChI=1S/C26H32N4O5/c1-17-7-8-18(2)21(15-17)23(24(32)29-19-9-11-20(34-6)12-10-19)30(14-13-27)22(31)16-28-25(33)35-26(3,4)5/h7-12,15,23H,14,16H2,1-6H3,(H,28,33)(H,29,32). The third kappa shape index (κ3) is 8.03. The Labute approximate surface area is 206 Å². The highest BCUT2D eigenvalue weighted by atomic mass is 16.6. The van der Waals surface area contributed by atoms with Crippen molar-refractivity contribution in [1.29, 1.82) is 5.26 Å². The van der Waals surface area contributed by atoms with E-state index in [4.69, 9.17) is 9.47 Å². The Balaban J connectivity index is 2.38. The zero-order valence-corrected chi connectivity index (χ0v) is 21.0. The summed E-state index contributed by atoms with van der Waals surface area (Å²) in [5.74, 6) is -0.471. The number of hydrogen-bond acceptors (Lipinski definition) is 6. The SMILES string of the molecule is COc1ccc(NC(=O)C(c2cc(C)ccc2C)N(CC#N)C(=O)CNC(=O)OC(C)(C)C)cc1. The number of ether oxygens (including phenoxy) is 2. The van der Waals surface area contributed by atoms with Crippen LogP contribution < -0.4 is 15.4 Å². The highest BCUT2D eigenvalue weighted by Crippen LogP contribution is 2.27. The van der Waals surface area contributed by atoms with E-state index in [9.17, 15) is 19.6 Å². The van der Waals surface area contributed by atoms with E-state index >= 15 is 0 Å². The summed E-state index contributed by atoms with van der Waals surface area (Å²) in [7, 11) is 1.54. The Kier molecular flexibility index (Phi) is 9.23. The molecule has 1 unspecified atom stereocenters. The summed E-state index contributed by atoms with van der Waals surface area (Å²) < 4.78 is 10.3. The molecule has 0 aromatic heterocycles. The summed E-state index contributed by atoms with van der Waals surface area (Å²) >= 11 is 0. The second kappa shape index (κ2) is 11.9. The number of rotatable bonds is 8. The van der Waals surface area contributed by atoms with Crippen LogP contribution in [0.3, 0.4) is 0 Å². The first-order valence-corrected chi connectivity index (χ1v) is 11.1. The first-order chi connectivity index (χ1) is 16.4. The van der Waals surface area contributed by atoms with E-state index in [0.717, 1.165) is 16.0 Å². The third-order valence-electron chi connectivity index (χ3n) is 4.99. The zero-order chi connectivity index (χ0) is 26.2. The molecular weight excluding hydrogens is 448 g/mol. The van der Waals surface area contributed by atoms with E-state index < -0.39 is 36.1 Å². The van der Waals surface area contributed by atoms with Gasteiger partial charge in [0.1, 0.15) is 30.5 Å². The highest BCUT2D eigenvalue weighted by molar-refractivity contribution is 5.98. The van der Waals surface area contributed by atoms with E-state index in [1.54, 1.807) is 52.1 Å². The van der Waals surface area contributed by atoms with Crippen LogP contribution in [0.15, 0.2) is 42.5 Å². The van der Waals surface area contributed by atoms with Gasteiger partial charge in [0.15, 0.2) is 0 Å². The summed E-state index contributed by atoms with van der Waals surface area (Å²) in [4.78, 5) is 39.9. The fourth-order valence-electron chi connectivity index (χ4n) is 3.35. The number of carbonyl (C=O) groups is 3. The molecule has 0 aliphatic carbocycles. The number of hydrogen-bond donors (Lipinski definition) is 2. The molecule has 9 heteroatoms. The van der Waals surface area contributed by atoms with Crippen molar-refractivity contribution in [3.05, 3.63) is 59.2 Å². The van der Waals surface area contributed by atoms with Gasteiger partial charge in [-0.1, -0.05) is 23.8 Å². The van der Waals surface area contributed by atoms with Gasteiger partial charge in [-0.2, -0.15) is 5.26 Å². The Morgan fingerprint density at radius 3 is 2.31 bits per heavy atom. The summed E-state index contributed by atoms with van der Waals surface area (Å²) in [6, 6.07) is 13.2. The van der Waals surface area contributed by atoms with Crippen LogP contribution in [0.4, 0.5) is 10.5 Å². The van der Waals surface area contributed by atoms with Crippen LogP contribution in [-0.2, 0) is 14.3 Å². The van der Waals surface area contributed by atoms with E-state index in [1.807, 2.05) is 38.1 Å². The van der Waals surface area contributed by atoms with Gasteiger partial charge in [-0.25, -0.2) is 4.79 Å². The summed E-state index contributed by atoms with van der Waals surface area (Å²) in [6.45, 7) is 8.03. The summed E-state index contributed by atoms with van der Waals surface area (Å²) in [5.41, 5.74) is 2.02. The van der Waals surface area contributed by atoms with Crippen molar-refractivity contribution in [1.82, 2.24) is 10.2 Å². The molecule has 0 fully saturated rings. The Morgan fingerprint density at radius 2 is 1.74 bits per heavy atom. The van der Waals surface area contributed by atoms with Crippen molar-refractivity contribution < 1.29 is 23.9 Å². The molecule has 0 saturated heterocycles. The molecule has 186 valence electrons. The van der Waals surface area contributed by atoms with E-state index in [1.165, 1.54) is 0 Å². The first kappa shape index (κ1) is 27.2. The van der Waals surface area contributed by atoms with Crippen LogP contribution in [0.25, 0.3) is 0 Å². The van der Waals surface area contributed by atoms with Gasteiger partial charge in [0, 0.05) is 5.69 Å². The summed E-state index contributed by atoms with van der Waals surface area (Å²) in [5, 5.41) is 14.7. The molecule has 3 amide bonds. The monoisotopic (exact) mass is 480 g/mol. The molecule has 2 aromatic rings. The fourth-order valence-corrected chi connectivity index (χ4v) is 3.35. The van der Waals surface area contributed by atoms with E-state index in [-0.39, 0.29) is 6.54 Å². The minimum Gasteiger partial charge on any atom is -0.497 e. The van der Waals surface area contributed by atoms with Crippen molar-refractivity contribution in [2.75, 3.05) is 25.5 Å². The number of benzene rings is 2. The van der Waals surface area contributed by atoms with Crippen molar-refractivity contribution >= 4 is 23.6 Å². The fraction of sp³-hybridized carbons (Fsp3) is 0.385. The molecule has 0 bridgehead atoms. The number of methoxy groups -OCH3 is 1. The van der Waals surface area contributed by atoms with Crippen LogP contribution in [-0.4, -0.2) is 48.6 Å². The Hall–Kier alpha value is -4.06. The van der Waals surface area contributed by atoms with Crippen LogP contribution in [0, 0.1) is 25.2 Å². The number of aryl methyl sites for hydroxylation is 2. The van der Waals surface area contributed by atoms with Crippen molar-refractivity contribution in [2.24, 2.45) is 0 Å². The minimum absolute atomic E-state index is 0.358. The average Bonchev–Trinajstić information content (AvgIpc) is 2.78. The molecule has 35 heavy (non-hydrogen) atoms. The number of amides is 3. The molecule has 0 aliphatic rings. The van der Waals surface area contributed by atoms with Gasteiger partial charge >= 0.3 is 6.09 Å². The summed E-state index contributed by atoms with van der Waals surface area (Å²) in [6.07, 6.45) is -0.770. The molecule has 9 nitrogen and oxygen atoms in total. The van der Waals surface area contributed by atoms with Crippen molar-refractivity contribution in [3.63, 3.8) is 0 Å². The number of nitriles is 1. The molecule has 0 spiro atoms. The van der Waals surface area contributed by atoms with Crippen molar-refractivity contribution in [3.8, 4) is 11.8 Å². The Morgan fingerprint density at radius 1 is 1.09 bits per heavy atom. The predicted molar refractivity (Wildman–Crippen MR) is 132 cm³/mol. The highest BCUT2D eigenvalue weighted by Gasteiger charge is 2.33. The second-order valence-electron chi connectivity index (χ2n) is 9.02. The predicted octanol–water partition coefficient (Wildman–Crippen LogP) is 3.87. The lowest BCUT2D eigenvalue weighted by Crippen LogP contribution is -2.46. The molecule has 0 radical (unpaired) electrons. The van der Waals surface area contributed by atoms with Gasteiger partial charge < -0.3 is 25.0 Å². The molecule has 2 N–H and O–H groups in total. The number of nitrogens with one attached hydrogen (secondary N) is 2.